The molecule has 0 radical (unpaired) electrons. The number of rotatable bonds is 3. The predicted molar refractivity (Wildman–Crippen MR) is 92.4 cm³/mol. The maximum Gasteiger partial charge on any atom is 0.120 e. The number of nitrogens with zero attached hydrogens (tertiary/aromatic N) is 2. The minimum absolute atomic E-state index is 0.512. The fraction of sp³-hybridized carbons (Fsp3) is 0.600. The maximum absolute atomic E-state index is 10.7. The highest BCUT2D eigenvalue weighted by Crippen LogP contribution is 2.47. The van der Waals surface area contributed by atoms with Crippen molar-refractivity contribution >= 4 is 12.0 Å². The Labute approximate surface area is 139 Å². The summed E-state index contributed by atoms with van der Waals surface area (Å²) < 4.78 is 0. The van der Waals surface area contributed by atoms with Gasteiger partial charge in [0.05, 0.1) is 11.6 Å². The highest BCUT2D eigenvalue weighted by molar-refractivity contribution is 5.54. The van der Waals surface area contributed by atoms with Gasteiger partial charge in [0.25, 0.3) is 0 Å². The third-order valence-corrected chi connectivity index (χ3v) is 5.98. The van der Waals surface area contributed by atoms with E-state index in [1.165, 1.54) is 44.2 Å². The topological polar surface area (TPSA) is 44.1 Å². The Kier molecular flexibility index (Phi) is 4.71. The summed E-state index contributed by atoms with van der Waals surface area (Å²) >= 11 is 0. The molecule has 0 amide bonds. The summed E-state index contributed by atoms with van der Waals surface area (Å²) in [6.45, 7) is 4.24. The monoisotopic (exact) mass is 310 g/mol. The molecule has 1 aromatic carbocycles. The smallest absolute Gasteiger partial charge is 0.120 e. The summed E-state index contributed by atoms with van der Waals surface area (Å²) in [5.41, 5.74) is 3.63. The fourth-order valence-electron chi connectivity index (χ4n) is 4.41. The van der Waals surface area contributed by atoms with Crippen molar-refractivity contribution in [1.82, 2.24) is 0 Å². The van der Waals surface area contributed by atoms with Gasteiger partial charge in [-0.05, 0) is 80.5 Å². The molecule has 3 nitrogen and oxygen atoms in total. The number of hydrogen-bond donors (Lipinski definition) is 0. The van der Waals surface area contributed by atoms with Crippen LogP contribution in [0.2, 0.25) is 0 Å². The molecule has 1 saturated carbocycles. The summed E-state index contributed by atoms with van der Waals surface area (Å²) in [7, 11) is 0. The van der Waals surface area contributed by atoms with E-state index < -0.39 is 0 Å². The second-order valence-corrected chi connectivity index (χ2v) is 7.50. The zero-order chi connectivity index (χ0) is 16.3. The number of benzene rings is 1. The van der Waals surface area contributed by atoms with Crippen molar-refractivity contribution in [1.29, 1.82) is 5.26 Å². The summed E-state index contributed by atoms with van der Waals surface area (Å²) in [4.78, 5) is 13.1. The molecule has 0 atom stereocenters. The van der Waals surface area contributed by atoms with Crippen molar-refractivity contribution in [3.8, 4) is 6.07 Å². The molecule has 1 heterocycles. The molecule has 1 aliphatic heterocycles. The molecule has 23 heavy (non-hydrogen) atoms. The zero-order valence-electron chi connectivity index (χ0n) is 14.1. The lowest BCUT2D eigenvalue weighted by molar-refractivity contribution is -0.109. The van der Waals surface area contributed by atoms with E-state index in [2.05, 4.69) is 24.0 Å². The van der Waals surface area contributed by atoms with Gasteiger partial charge >= 0.3 is 0 Å². The van der Waals surface area contributed by atoms with Crippen LogP contribution in [-0.4, -0.2) is 19.4 Å². The molecule has 2 fully saturated rings. The van der Waals surface area contributed by atoms with Crippen LogP contribution in [0.1, 0.15) is 56.1 Å². The van der Waals surface area contributed by atoms with Gasteiger partial charge in [0.1, 0.15) is 6.29 Å². The number of hydrogen-bond acceptors (Lipinski definition) is 3. The molecule has 0 N–H and O–H groups in total. The Hall–Kier alpha value is -1.82. The van der Waals surface area contributed by atoms with Gasteiger partial charge < -0.3 is 9.69 Å². The molecule has 1 aromatic rings. The Morgan fingerprint density at radius 3 is 2.52 bits per heavy atom. The Morgan fingerprint density at radius 1 is 1.22 bits per heavy atom. The Morgan fingerprint density at radius 2 is 1.91 bits per heavy atom. The first-order valence-corrected chi connectivity index (χ1v) is 8.84. The molecule has 122 valence electrons. The van der Waals surface area contributed by atoms with Crippen molar-refractivity contribution in [2.75, 3.05) is 18.0 Å². The van der Waals surface area contributed by atoms with Crippen LogP contribution in [0.25, 0.3) is 0 Å². The fourth-order valence-corrected chi connectivity index (χ4v) is 4.41. The lowest BCUT2D eigenvalue weighted by Gasteiger charge is -2.46. The van der Waals surface area contributed by atoms with Crippen LogP contribution in [0, 0.1) is 29.6 Å². The van der Waals surface area contributed by atoms with E-state index in [1.54, 1.807) is 0 Å². The minimum atomic E-state index is 0.512. The molecule has 1 saturated heterocycles. The van der Waals surface area contributed by atoms with Crippen LogP contribution in [-0.2, 0) is 4.79 Å². The van der Waals surface area contributed by atoms with Gasteiger partial charge in [-0.3, -0.25) is 0 Å². The molecule has 0 bridgehead atoms. The molecular weight excluding hydrogens is 284 g/mol. The SMILES string of the molecule is Cc1cc(C#N)cc(N2CCC3(CCC(CC=O)CC3)CC2)c1. The first-order valence-electron chi connectivity index (χ1n) is 8.84. The summed E-state index contributed by atoms with van der Waals surface area (Å²) in [6, 6.07) is 8.43. The van der Waals surface area contributed by atoms with Crippen LogP contribution in [0.5, 0.6) is 0 Å². The van der Waals surface area contributed by atoms with Gasteiger partial charge in [-0.15, -0.1) is 0 Å². The van der Waals surface area contributed by atoms with E-state index in [0.29, 0.717) is 11.3 Å². The van der Waals surface area contributed by atoms with E-state index in [4.69, 9.17) is 5.26 Å². The molecule has 1 spiro atoms. The van der Waals surface area contributed by atoms with Gasteiger partial charge in [0.2, 0.25) is 0 Å². The van der Waals surface area contributed by atoms with Crippen molar-refractivity contribution < 1.29 is 4.79 Å². The summed E-state index contributed by atoms with van der Waals surface area (Å²) in [5.74, 6) is 0.631. The molecule has 3 heteroatoms. The van der Waals surface area contributed by atoms with Gasteiger partial charge in [0, 0.05) is 25.2 Å². The number of nitriles is 1. The van der Waals surface area contributed by atoms with Crippen LogP contribution in [0.4, 0.5) is 5.69 Å². The molecule has 0 unspecified atom stereocenters. The Bertz CT molecular complexity index is 599. The zero-order valence-corrected chi connectivity index (χ0v) is 14.1. The number of aryl methyl sites for hydroxylation is 1. The van der Waals surface area contributed by atoms with Gasteiger partial charge in [-0.1, -0.05) is 0 Å². The average molecular weight is 310 g/mol. The van der Waals surface area contributed by atoms with E-state index >= 15 is 0 Å². The van der Waals surface area contributed by atoms with Crippen molar-refractivity contribution in [2.45, 2.75) is 51.9 Å². The minimum Gasteiger partial charge on any atom is -0.371 e. The number of carbonyl (C=O) groups excluding carboxylic acids is 1. The largest absolute Gasteiger partial charge is 0.371 e. The maximum atomic E-state index is 10.7. The van der Waals surface area contributed by atoms with Gasteiger partial charge in [-0.25, -0.2) is 0 Å². The van der Waals surface area contributed by atoms with Crippen molar-refractivity contribution in [3.05, 3.63) is 29.3 Å². The van der Waals surface area contributed by atoms with E-state index in [1.807, 2.05) is 12.1 Å². The molecular formula is C20H26N2O. The summed E-state index contributed by atoms with van der Waals surface area (Å²) in [5, 5.41) is 9.16. The number of aldehydes is 1. The molecule has 1 aliphatic carbocycles. The highest BCUT2D eigenvalue weighted by Gasteiger charge is 2.37. The van der Waals surface area contributed by atoms with Crippen molar-refractivity contribution in [2.24, 2.45) is 11.3 Å². The van der Waals surface area contributed by atoms with Gasteiger partial charge in [0.15, 0.2) is 0 Å². The van der Waals surface area contributed by atoms with Crippen LogP contribution >= 0.6 is 0 Å². The van der Waals surface area contributed by atoms with Crippen LogP contribution in [0.15, 0.2) is 18.2 Å². The Balaban J connectivity index is 1.62. The third-order valence-electron chi connectivity index (χ3n) is 5.98. The second kappa shape index (κ2) is 6.74. The molecule has 0 aromatic heterocycles. The van der Waals surface area contributed by atoms with E-state index in [9.17, 15) is 4.79 Å². The first-order chi connectivity index (χ1) is 11.1. The molecule has 2 aliphatic rings. The lowest BCUT2D eigenvalue weighted by atomic mass is 9.65. The highest BCUT2D eigenvalue weighted by atomic mass is 16.1. The lowest BCUT2D eigenvalue weighted by Crippen LogP contribution is -2.42. The second-order valence-electron chi connectivity index (χ2n) is 7.50. The quantitative estimate of drug-likeness (QED) is 0.785. The van der Waals surface area contributed by atoms with Crippen LogP contribution in [0.3, 0.4) is 0 Å². The van der Waals surface area contributed by atoms with E-state index in [0.717, 1.165) is 36.9 Å². The number of carbonyl (C=O) groups is 1. The summed E-state index contributed by atoms with van der Waals surface area (Å²) in [6.07, 6.45) is 9.36. The predicted octanol–water partition coefficient (Wildman–Crippen LogP) is 4.23. The standard InChI is InChI=1S/C20H26N2O/c1-16-12-18(15-21)14-19(13-16)22-9-7-20(8-10-22)5-2-17(3-6-20)4-11-23/h11-14,17H,2-10H2,1H3. The van der Waals surface area contributed by atoms with E-state index in [-0.39, 0.29) is 0 Å². The average Bonchev–Trinajstić information content (AvgIpc) is 2.57. The van der Waals surface area contributed by atoms with Crippen molar-refractivity contribution in [3.63, 3.8) is 0 Å². The third kappa shape index (κ3) is 3.58. The number of piperidine rings is 1. The van der Waals surface area contributed by atoms with Gasteiger partial charge in [-0.2, -0.15) is 5.26 Å². The normalized spacial score (nSPS) is 21.1. The number of anilines is 1. The van der Waals surface area contributed by atoms with Crippen LogP contribution < -0.4 is 4.90 Å². The molecule has 3 rings (SSSR count). The first kappa shape index (κ1) is 16.1.